The van der Waals surface area contributed by atoms with Crippen LogP contribution < -0.4 is 10.5 Å². The van der Waals surface area contributed by atoms with Crippen LogP contribution in [0.3, 0.4) is 0 Å². The van der Waals surface area contributed by atoms with E-state index in [1.165, 1.54) is 12.1 Å². The van der Waals surface area contributed by atoms with Crippen molar-refractivity contribution in [3.8, 4) is 0 Å². The number of ether oxygens (including phenoxy) is 1. The van der Waals surface area contributed by atoms with E-state index in [4.69, 9.17) is 33.7 Å². The summed E-state index contributed by atoms with van der Waals surface area (Å²) in [6.07, 6.45) is 2.72. The largest absolute Gasteiger partial charge is 0.377 e. The van der Waals surface area contributed by atoms with E-state index in [0.717, 1.165) is 19.3 Å². The average Bonchev–Trinajstić information content (AvgIpc) is 2.38. The summed E-state index contributed by atoms with van der Waals surface area (Å²) in [6, 6.07) is 2.87. The second-order valence-electron chi connectivity index (χ2n) is 5.11. The highest BCUT2D eigenvalue weighted by molar-refractivity contribution is 7.89. The molecule has 5 nitrogen and oxygen atoms in total. The Morgan fingerprint density at radius 3 is 2.52 bits per heavy atom. The van der Waals surface area contributed by atoms with E-state index in [-0.39, 0.29) is 23.0 Å². The van der Waals surface area contributed by atoms with Gasteiger partial charge in [-0.3, -0.25) is 0 Å². The number of hydrogen-bond donors (Lipinski definition) is 2. The highest BCUT2D eigenvalue weighted by Gasteiger charge is 2.38. The zero-order valence-electron chi connectivity index (χ0n) is 11.7. The average molecular weight is 353 g/mol. The minimum absolute atomic E-state index is 0.0143. The van der Waals surface area contributed by atoms with Crippen LogP contribution in [0.1, 0.15) is 24.8 Å². The van der Waals surface area contributed by atoms with Crippen LogP contribution in [0.4, 0.5) is 0 Å². The van der Waals surface area contributed by atoms with Crippen molar-refractivity contribution in [2.75, 3.05) is 13.7 Å². The van der Waals surface area contributed by atoms with Gasteiger partial charge in [0.15, 0.2) is 0 Å². The van der Waals surface area contributed by atoms with Gasteiger partial charge in [-0.05, 0) is 31.4 Å². The van der Waals surface area contributed by atoms with Crippen molar-refractivity contribution >= 4 is 33.2 Å². The molecule has 2 rings (SSSR count). The molecule has 1 aromatic rings. The second-order valence-corrected chi connectivity index (χ2v) is 7.63. The van der Waals surface area contributed by atoms with Crippen LogP contribution in [0.5, 0.6) is 0 Å². The summed E-state index contributed by atoms with van der Waals surface area (Å²) in [4.78, 5) is -0.0143. The fourth-order valence-corrected chi connectivity index (χ4v) is 4.34. The van der Waals surface area contributed by atoms with Crippen molar-refractivity contribution in [1.82, 2.24) is 4.72 Å². The van der Waals surface area contributed by atoms with Gasteiger partial charge in [-0.2, -0.15) is 0 Å². The van der Waals surface area contributed by atoms with Crippen LogP contribution in [-0.4, -0.2) is 27.7 Å². The van der Waals surface area contributed by atoms with Gasteiger partial charge < -0.3 is 10.5 Å². The van der Waals surface area contributed by atoms with Crippen molar-refractivity contribution in [1.29, 1.82) is 0 Å². The summed E-state index contributed by atoms with van der Waals surface area (Å²) in [5.74, 6) is 0. The summed E-state index contributed by atoms with van der Waals surface area (Å²) >= 11 is 12.1. The third-order valence-corrected chi connectivity index (χ3v) is 6.27. The first-order chi connectivity index (χ1) is 9.85. The lowest BCUT2D eigenvalue weighted by Crippen LogP contribution is -2.49. The van der Waals surface area contributed by atoms with Gasteiger partial charge in [-0.15, -0.1) is 0 Å². The Balaban J connectivity index is 2.24. The molecule has 0 bridgehead atoms. The molecule has 8 heteroatoms. The Morgan fingerprint density at radius 2 is 2.05 bits per heavy atom. The zero-order valence-corrected chi connectivity index (χ0v) is 14.0. The molecule has 118 valence electrons. The van der Waals surface area contributed by atoms with E-state index in [2.05, 4.69) is 4.72 Å². The summed E-state index contributed by atoms with van der Waals surface area (Å²) in [5.41, 5.74) is 5.58. The fraction of sp³-hybridized carbons (Fsp3) is 0.538. The van der Waals surface area contributed by atoms with E-state index in [9.17, 15) is 8.42 Å². The third-order valence-electron chi connectivity index (χ3n) is 3.93. The molecule has 0 amide bonds. The second kappa shape index (κ2) is 6.40. The molecular formula is C13H18Cl2N2O3S. The van der Waals surface area contributed by atoms with Crippen LogP contribution in [0, 0.1) is 0 Å². The van der Waals surface area contributed by atoms with Gasteiger partial charge in [0.1, 0.15) is 4.90 Å². The quantitative estimate of drug-likeness (QED) is 0.822. The van der Waals surface area contributed by atoms with E-state index in [1.54, 1.807) is 7.11 Å². The predicted octanol–water partition coefficient (Wildman–Crippen LogP) is 2.30. The van der Waals surface area contributed by atoms with Crippen LogP contribution in [-0.2, 0) is 21.3 Å². The molecule has 1 fully saturated rings. The van der Waals surface area contributed by atoms with Crippen molar-refractivity contribution in [3.63, 3.8) is 0 Å². The maximum Gasteiger partial charge on any atom is 0.242 e. The molecule has 0 heterocycles. The molecule has 0 unspecified atom stereocenters. The molecule has 0 radical (unpaired) electrons. The van der Waals surface area contributed by atoms with Crippen LogP contribution in [0.2, 0.25) is 10.0 Å². The Labute approximate surface area is 134 Å². The Hall–Kier alpha value is -0.370. The molecule has 1 saturated carbocycles. The number of nitrogens with two attached hydrogens (primary N) is 1. The van der Waals surface area contributed by atoms with Gasteiger partial charge in [0.2, 0.25) is 10.0 Å². The van der Waals surface area contributed by atoms with Gasteiger partial charge in [0.05, 0.1) is 10.6 Å². The summed E-state index contributed by atoms with van der Waals surface area (Å²) in [6.45, 7) is 0.297. The van der Waals surface area contributed by atoms with E-state index >= 15 is 0 Å². The van der Waals surface area contributed by atoms with Gasteiger partial charge in [-0.25, -0.2) is 13.1 Å². The van der Waals surface area contributed by atoms with Crippen LogP contribution in [0.25, 0.3) is 0 Å². The van der Waals surface area contributed by atoms with E-state index < -0.39 is 15.6 Å². The molecule has 0 aliphatic heterocycles. The molecule has 0 saturated heterocycles. The fourth-order valence-electron chi connectivity index (χ4n) is 2.30. The first-order valence-corrected chi connectivity index (χ1v) is 8.81. The van der Waals surface area contributed by atoms with Crippen molar-refractivity contribution in [2.24, 2.45) is 5.73 Å². The first-order valence-electron chi connectivity index (χ1n) is 6.57. The third kappa shape index (κ3) is 3.36. The molecular weight excluding hydrogens is 335 g/mol. The first kappa shape index (κ1) is 17.0. The Kier molecular flexibility index (Phi) is 5.18. The lowest BCUT2D eigenvalue weighted by molar-refractivity contribution is -0.0659. The van der Waals surface area contributed by atoms with E-state index in [0.29, 0.717) is 10.6 Å². The number of hydrogen-bond acceptors (Lipinski definition) is 4. The molecule has 3 N–H and O–H groups in total. The van der Waals surface area contributed by atoms with Gasteiger partial charge in [-0.1, -0.05) is 23.2 Å². The molecule has 0 atom stereocenters. The van der Waals surface area contributed by atoms with Crippen molar-refractivity contribution in [2.45, 2.75) is 36.3 Å². The minimum atomic E-state index is -3.74. The topological polar surface area (TPSA) is 81.4 Å². The molecule has 1 aliphatic rings. The Bertz CT molecular complexity index is 625. The van der Waals surface area contributed by atoms with Gasteiger partial charge in [0, 0.05) is 30.8 Å². The summed E-state index contributed by atoms with van der Waals surface area (Å²) < 4.78 is 32.8. The smallest absolute Gasteiger partial charge is 0.242 e. The molecule has 1 aliphatic carbocycles. The van der Waals surface area contributed by atoms with E-state index in [1.807, 2.05) is 0 Å². The van der Waals surface area contributed by atoms with Gasteiger partial charge in [0.25, 0.3) is 0 Å². The lowest BCUT2D eigenvalue weighted by atomic mass is 9.80. The monoisotopic (exact) mass is 352 g/mol. The van der Waals surface area contributed by atoms with Crippen LogP contribution >= 0.6 is 23.2 Å². The normalized spacial score (nSPS) is 17.5. The number of rotatable bonds is 6. The maximum atomic E-state index is 12.4. The number of benzene rings is 1. The molecule has 1 aromatic carbocycles. The maximum absolute atomic E-state index is 12.4. The van der Waals surface area contributed by atoms with Crippen LogP contribution in [0.15, 0.2) is 17.0 Å². The highest BCUT2D eigenvalue weighted by atomic mass is 35.5. The zero-order chi connectivity index (χ0) is 15.7. The minimum Gasteiger partial charge on any atom is -0.377 e. The summed E-state index contributed by atoms with van der Waals surface area (Å²) in [7, 11) is -2.14. The van der Waals surface area contributed by atoms with Gasteiger partial charge >= 0.3 is 0 Å². The highest BCUT2D eigenvalue weighted by Crippen LogP contribution is 2.35. The Morgan fingerprint density at radius 1 is 1.38 bits per heavy atom. The number of nitrogens with one attached hydrogen (secondary N) is 1. The number of methoxy groups -OCH3 is 1. The molecule has 0 spiro atoms. The predicted molar refractivity (Wildman–Crippen MR) is 83.1 cm³/mol. The SMILES string of the molecule is COC1(CNS(=O)(=O)c2ccc(Cl)c(CN)c2Cl)CCC1. The lowest BCUT2D eigenvalue weighted by Gasteiger charge is -2.40. The standard InChI is InChI=1S/C13H18Cl2N2O3S/c1-20-13(5-2-6-13)8-17-21(18,19)11-4-3-10(14)9(7-16)12(11)15/h3-4,17H,2,5-8,16H2,1H3. The molecule has 0 aromatic heterocycles. The summed E-state index contributed by atoms with van der Waals surface area (Å²) in [5, 5.41) is 0.423. The van der Waals surface area contributed by atoms with Crippen molar-refractivity contribution in [3.05, 3.63) is 27.7 Å². The molecule has 21 heavy (non-hydrogen) atoms. The number of sulfonamides is 1. The number of halogens is 2. The van der Waals surface area contributed by atoms with Crippen molar-refractivity contribution < 1.29 is 13.2 Å².